The summed E-state index contributed by atoms with van der Waals surface area (Å²) in [6.07, 6.45) is 0.0170. The summed E-state index contributed by atoms with van der Waals surface area (Å²) in [5.41, 5.74) is -0.725. The molecule has 0 amide bonds. The summed E-state index contributed by atoms with van der Waals surface area (Å²) in [4.78, 5) is 5.67. The number of halogens is 4. The number of alkyl halides is 3. The number of aliphatic hydroxyl groups excluding tert-OH is 1. The molecule has 1 aromatic rings. The number of aromatic nitrogens is 1. The third-order valence-corrected chi connectivity index (χ3v) is 3.93. The molecule has 7 heteroatoms. The predicted octanol–water partition coefficient (Wildman–Crippen LogP) is 3.60. The van der Waals surface area contributed by atoms with Gasteiger partial charge in [-0.25, -0.2) is 4.98 Å². The van der Waals surface area contributed by atoms with Crippen LogP contribution in [0.3, 0.4) is 0 Å². The SMILES string of the molecule is OCCC1CCCCN1c1ncc(Br)cc1C(F)(F)F. The second-order valence-corrected chi connectivity index (χ2v) is 5.79. The first-order chi connectivity index (χ1) is 9.43. The Bertz CT molecular complexity index is 465. The normalized spacial score (nSPS) is 20.2. The standard InChI is InChI=1S/C13H16BrF3N2O/c14-9-7-11(13(15,16)17)12(18-8-9)19-5-2-1-3-10(19)4-6-20/h7-8,10,20H,1-6H2. The molecular weight excluding hydrogens is 337 g/mol. The smallest absolute Gasteiger partial charge is 0.396 e. The van der Waals surface area contributed by atoms with Crippen molar-refractivity contribution in [2.45, 2.75) is 37.9 Å². The number of rotatable bonds is 3. The van der Waals surface area contributed by atoms with Crippen LogP contribution in [0.4, 0.5) is 19.0 Å². The summed E-state index contributed by atoms with van der Waals surface area (Å²) in [5, 5.41) is 9.08. The number of anilines is 1. The van der Waals surface area contributed by atoms with Crippen LogP contribution in [0.15, 0.2) is 16.7 Å². The van der Waals surface area contributed by atoms with Crippen LogP contribution in [-0.2, 0) is 6.18 Å². The lowest BCUT2D eigenvalue weighted by Gasteiger charge is -2.37. The second-order valence-electron chi connectivity index (χ2n) is 4.88. The van der Waals surface area contributed by atoms with Crippen LogP contribution in [0.1, 0.15) is 31.2 Å². The summed E-state index contributed by atoms with van der Waals surface area (Å²) < 4.78 is 39.8. The van der Waals surface area contributed by atoms with E-state index in [1.807, 2.05) is 0 Å². The highest BCUT2D eigenvalue weighted by Crippen LogP contribution is 2.39. The van der Waals surface area contributed by atoms with E-state index < -0.39 is 11.7 Å². The summed E-state index contributed by atoms with van der Waals surface area (Å²) in [5.74, 6) is -0.0288. The van der Waals surface area contributed by atoms with Gasteiger partial charge >= 0.3 is 6.18 Å². The fourth-order valence-electron chi connectivity index (χ4n) is 2.60. The van der Waals surface area contributed by atoms with Gasteiger partial charge in [-0.05, 0) is 47.7 Å². The number of nitrogens with zero attached hydrogens (tertiary/aromatic N) is 2. The van der Waals surface area contributed by atoms with Crippen LogP contribution < -0.4 is 4.90 Å². The minimum Gasteiger partial charge on any atom is -0.396 e. The van der Waals surface area contributed by atoms with Crippen LogP contribution in [0.25, 0.3) is 0 Å². The van der Waals surface area contributed by atoms with Crippen LogP contribution >= 0.6 is 15.9 Å². The summed E-state index contributed by atoms with van der Waals surface area (Å²) in [6.45, 7) is 0.515. The Morgan fingerprint density at radius 2 is 2.15 bits per heavy atom. The molecule has 0 aliphatic carbocycles. The van der Waals surface area contributed by atoms with E-state index in [0.717, 1.165) is 25.3 Å². The number of pyridine rings is 1. The van der Waals surface area contributed by atoms with Crippen molar-refractivity contribution in [1.29, 1.82) is 0 Å². The molecule has 1 aliphatic rings. The van der Waals surface area contributed by atoms with E-state index in [0.29, 0.717) is 17.4 Å². The molecule has 112 valence electrons. The van der Waals surface area contributed by atoms with Gasteiger partial charge in [0.1, 0.15) is 5.82 Å². The van der Waals surface area contributed by atoms with Crippen LogP contribution in [0.2, 0.25) is 0 Å². The molecule has 0 saturated carbocycles. The van der Waals surface area contributed by atoms with E-state index in [1.54, 1.807) is 4.90 Å². The first-order valence-corrected chi connectivity index (χ1v) is 7.33. The molecule has 0 aromatic carbocycles. The summed E-state index contributed by atoms with van der Waals surface area (Å²) in [6, 6.07) is 0.982. The number of aliphatic hydroxyl groups is 1. The van der Waals surface area contributed by atoms with Gasteiger partial charge in [-0.15, -0.1) is 0 Å². The van der Waals surface area contributed by atoms with Crippen molar-refractivity contribution in [3.05, 3.63) is 22.3 Å². The van der Waals surface area contributed by atoms with E-state index in [1.165, 1.54) is 6.20 Å². The van der Waals surface area contributed by atoms with E-state index in [-0.39, 0.29) is 18.5 Å². The van der Waals surface area contributed by atoms with Crippen molar-refractivity contribution in [3.63, 3.8) is 0 Å². The molecule has 3 nitrogen and oxygen atoms in total. The maximum atomic E-state index is 13.2. The van der Waals surface area contributed by atoms with Gasteiger partial charge in [0.15, 0.2) is 0 Å². The molecule has 2 rings (SSSR count). The quantitative estimate of drug-likeness (QED) is 0.902. The van der Waals surface area contributed by atoms with Gasteiger partial charge in [-0.1, -0.05) is 0 Å². The Labute approximate surface area is 123 Å². The molecule has 1 unspecified atom stereocenters. The van der Waals surface area contributed by atoms with Crippen molar-refractivity contribution in [2.75, 3.05) is 18.1 Å². The van der Waals surface area contributed by atoms with E-state index in [2.05, 4.69) is 20.9 Å². The maximum Gasteiger partial charge on any atom is 0.419 e. The van der Waals surface area contributed by atoms with Gasteiger partial charge in [-0.3, -0.25) is 0 Å². The molecular formula is C13H16BrF3N2O. The van der Waals surface area contributed by atoms with Crippen molar-refractivity contribution >= 4 is 21.7 Å². The predicted molar refractivity (Wildman–Crippen MR) is 73.6 cm³/mol. The maximum absolute atomic E-state index is 13.2. The highest BCUT2D eigenvalue weighted by molar-refractivity contribution is 9.10. The fraction of sp³-hybridized carbons (Fsp3) is 0.615. The van der Waals surface area contributed by atoms with Crippen molar-refractivity contribution < 1.29 is 18.3 Å². The molecule has 0 radical (unpaired) electrons. The van der Waals surface area contributed by atoms with Gasteiger partial charge in [0.2, 0.25) is 0 Å². The third kappa shape index (κ3) is 3.44. The zero-order valence-electron chi connectivity index (χ0n) is 10.8. The van der Waals surface area contributed by atoms with Gasteiger partial charge in [0.05, 0.1) is 5.56 Å². The second kappa shape index (κ2) is 6.30. The molecule has 0 spiro atoms. The Kier molecular flexibility index (Phi) is 4.90. The topological polar surface area (TPSA) is 36.4 Å². The number of piperidine rings is 1. The van der Waals surface area contributed by atoms with E-state index in [9.17, 15) is 13.2 Å². The monoisotopic (exact) mass is 352 g/mol. The van der Waals surface area contributed by atoms with Crippen molar-refractivity contribution in [3.8, 4) is 0 Å². The molecule has 20 heavy (non-hydrogen) atoms. The average molecular weight is 353 g/mol. The summed E-state index contributed by atoms with van der Waals surface area (Å²) in [7, 11) is 0. The summed E-state index contributed by atoms with van der Waals surface area (Å²) >= 11 is 3.04. The van der Waals surface area contributed by atoms with Gasteiger partial charge in [0.25, 0.3) is 0 Å². The van der Waals surface area contributed by atoms with E-state index in [4.69, 9.17) is 5.11 Å². The van der Waals surface area contributed by atoms with Gasteiger partial charge in [0, 0.05) is 29.9 Å². The molecule has 2 heterocycles. The Hall–Kier alpha value is -0.820. The molecule has 1 saturated heterocycles. The van der Waals surface area contributed by atoms with Gasteiger partial charge < -0.3 is 10.0 Å². The molecule has 1 aromatic heterocycles. The van der Waals surface area contributed by atoms with Crippen molar-refractivity contribution in [2.24, 2.45) is 0 Å². The van der Waals surface area contributed by atoms with Crippen molar-refractivity contribution in [1.82, 2.24) is 4.98 Å². The zero-order chi connectivity index (χ0) is 14.8. The first kappa shape index (κ1) is 15.6. The number of hydrogen-bond acceptors (Lipinski definition) is 3. The Morgan fingerprint density at radius 3 is 2.80 bits per heavy atom. The molecule has 1 aliphatic heterocycles. The largest absolute Gasteiger partial charge is 0.419 e. The third-order valence-electron chi connectivity index (χ3n) is 3.50. The first-order valence-electron chi connectivity index (χ1n) is 6.53. The fourth-order valence-corrected chi connectivity index (χ4v) is 2.93. The highest BCUT2D eigenvalue weighted by Gasteiger charge is 2.38. The minimum absolute atomic E-state index is 0.0287. The average Bonchev–Trinajstić information content (AvgIpc) is 2.39. The molecule has 1 fully saturated rings. The van der Waals surface area contributed by atoms with E-state index >= 15 is 0 Å². The molecule has 1 atom stereocenters. The van der Waals surface area contributed by atoms with Crippen LogP contribution in [0, 0.1) is 0 Å². The number of hydrogen-bond donors (Lipinski definition) is 1. The molecule has 0 bridgehead atoms. The molecule has 1 N–H and O–H groups in total. The Morgan fingerprint density at radius 1 is 1.40 bits per heavy atom. The highest BCUT2D eigenvalue weighted by atomic mass is 79.9. The zero-order valence-corrected chi connectivity index (χ0v) is 12.4. The lowest BCUT2D eigenvalue weighted by Crippen LogP contribution is -2.41. The lowest BCUT2D eigenvalue weighted by atomic mass is 9.99. The Balaban J connectivity index is 2.39. The lowest BCUT2D eigenvalue weighted by molar-refractivity contribution is -0.137. The van der Waals surface area contributed by atoms with Crippen LogP contribution in [-0.4, -0.2) is 29.3 Å². The van der Waals surface area contributed by atoms with Gasteiger partial charge in [-0.2, -0.15) is 13.2 Å². The minimum atomic E-state index is -4.44. The van der Waals surface area contributed by atoms with Crippen LogP contribution in [0.5, 0.6) is 0 Å².